The predicted molar refractivity (Wildman–Crippen MR) is 81.2 cm³/mol. The van der Waals surface area contributed by atoms with Gasteiger partial charge in [-0.2, -0.15) is 0 Å². The molecule has 1 aromatic carbocycles. The Morgan fingerprint density at radius 1 is 1.55 bits per heavy atom. The molecule has 1 N–H and O–H groups in total. The molecular formula is C15H20BrFN2O. The van der Waals surface area contributed by atoms with Crippen LogP contribution in [0.4, 0.5) is 4.39 Å². The predicted octanol–water partition coefficient (Wildman–Crippen LogP) is 3.05. The van der Waals surface area contributed by atoms with Crippen molar-refractivity contribution in [2.45, 2.75) is 26.3 Å². The number of nitrogens with one attached hydrogen (secondary N) is 1. The highest BCUT2D eigenvalue weighted by atomic mass is 79.9. The molecule has 1 atom stereocenters. The van der Waals surface area contributed by atoms with Gasteiger partial charge in [0.25, 0.3) is 5.91 Å². The number of carbonyl (C=O) groups excluding carboxylic acids is 1. The van der Waals surface area contributed by atoms with Crippen LogP contribution in [0.15, 0.2) is 22.7 Å². The number of nitrogens with zero attached hydrogens (tertiary/aromatic N) is 1. The van der Waals surface area contributed by atoms with E-state index in [0.29, 0.717) is 23.0 Å². The minimum Gasteiger partial charge on any atom is -0.352 e. The fourth-order valence-corrected chi connectivity index (χ4v) is 2.84. The Balaban J connectivity index is 1.87. The van der Waals surface area contributed by atoms with Gasteiger partial charge in [0.15, 0.2) is 0 Å². The summed E-state index contributed by atoms with van der Waals surface area (Å²) >= 11 is 3.18. The van der Waals surface area contributed by atoms with Gasteiger partial charge >= 0.3 is 0 Å². The van der Waals surface area contributed by atoms with Crippen LogP contribution in [-0.4, -0.2) is 36.5 Å². The second-order valence-electron chi connectivity index (χ2n) is 5.58. The molecule has 0 unspecified atom stereocenters. The van der Waals surface area contributed by atoms with Crippen molar-refractivity contribution in [3.05, 3.63) is 34.1 Å². The lowest BCUT2D eigenvalue weighted by Crippen LogP contribution is -2.33. The molecule has 20 heavy (non-hydrogen) atoms. The average Bonchev–Trinajstić information content (AvgIpc) is 2.85. The Bertz CT molecular complexity index is 493. The van der Waals surface area contributed by atoms with Crippen molar-refractivity contribution < 1.29 is 9.18 Å². The van der Waals surface area contributed by atoms with E-state index >= 15 is 0 Å². The first-order chi connectivity index (χ1) is 9.47. The normalized spacial score (nSPS) is 19.6. The summed E-state index contributed by atoms with van der Waals surface area (Å²) in [6, 6.07) is 5.03. The minimum atomic E-state index is -0.493. The number of halogens is 2. The van der Waals surface area contributed by atoms with Crippen molar-refractivity contribution in [1.82, 2.24) is 10.2 Å². The number of hydrogen-bond donors (Lipinski definition) is 1. The lowest BCUT2D eigenvalue weighted by atomic mass is 10.1. The molecule has 1 heterocycles. The van der Waals surface area contributed by atoms with Gasteiger partial charge in [0.2, 0.25) is 0 Å². The Morgan fingerprint density at radius 3 is 2.90 bits per heavy atom. The van der Waals surface area contributed by atoms with E-state index in [4.69, 9.17) is 0 Å². The molecule has 1 aliphatic heterocycles. The summed E-state index contributed by atoms with van der Waals surface area (Å²) in [5, 5.41) is 2.84. The smallest absolute Gasteiger partial charge is 0.254 e. The van der Waals surface area contributed by atoms with Crippen molar-refractivity contribution in [3.63, 3.8) is 0 Å². The van der Waals surface area contributed by atoms with E-state index in [2.05, 4.69) is 40.0 Å². The third-order valence-corrected chi connectivity index (χ3v) is 4.27. The summed E-state index contributed by atoms with van der Waals surface area (Å²) < 4.78 is 14.3. The van der Waals surface area contributed by atoms with Crippen LogP contribution in [0.3, 0.4) is 0 Å². The van der Waals surface area contributed by atoms with Crippen molar-refractivity contribution in [1.29, 1.82) is 0 Å². The highest BCUT2D eigenvalue weighted by Crippen LogP contribution is 2.18. The van der Waals surface area contributed by atoms with Gasteiger partial charge in [-0.15, -0.1) is 0 Å². The Labute approximate surface area is 127 Å². The second kappa shape index (κ2) is 6.68. The minimum absolute atomic E-state index is 0.104. The topological polar surface area (TPSA) is 32.3 Å². The highest BCUT2D eigenvalue weighted by molar-refractivity contribution is 9.10. The summed E-state index contributed by atoms with van der Waals surface area (Å²) in [5.74, 6) is -0.370. The van der Waals surface area contributed by atoms with Gasteiger partial charge in [-0.1, -0.05) is 15.9 Å². The largest absolute Gasteiger partial charge is 0.352 e. The van der Waals surface area contributed by atoms with E-state index in [0.717, 1.165) is 19.5 Å². The molecule has 3 nitrogen and oxygen atoms in total. The fraction of sp³-hybridized carbons (Fsp3) is 0.533. The average molecular weight is 343 g/mol. The van der Waals surface area contributed by atoms with E-state index in [1.54, 1.807) is 6.07 Å². The summed E-state index contributed by atoms with van der Waals surface area (Å²) in [4.78, 5) is 14.4. The molecule has 0 bridgehead atoms. The molecule has 0 aliphatic carbocycles. The van der Waals surface area contributed by atoms with E-state index in [1.165, 1.54) is 12.1 Å². The standard InChI is InChI=1S/C15H20BrFN2O/c1-10(2)19-6-5-11(9-19)8-18-15(20)13-4-3-12(16)7-14(13)17/h3-4,7,10-11H,5-6,8-9H2,1-2H3,(H,18,20)/t11-/m0/s1. The highest BCUT2D eigenvalue weighted by Gasteiger charge is 2.24. The molecule has 1 aromatic rings. The van der Waals surface area contributed by atoms with Gasteiger partial charge in [0, 0.05) is 23.6 Å². The fourth-order valence-electron chi connectivity index (χ4n) is 2.50. The first-order valence-corrected chi connectivity index (χ1v) is 7.74. The zero-order valence-corrected chi connectivity index (χ0v) is 13.4. The van der Waals surface area contributed by atoms with Crippen molar-refractivity contribution in [2.75, 3.05) is 19.6 Å². The molecule has 0 saturated carbocycles. The van der Waals surface area contributed by atoms with Crippen molar-refractivity contribution >= 4 is 21.8 Å². The Hall–Kier alpha value is -0.940. The van der Waals surface area contributed by atoms with E-state index in [9.17, 15) is 9.18 Å². The van der Waals surface area contributed by atoms with Gasteiger partial charge in [-0.25, -0.2) is 4.39 Å². The van der Waals surface area contributed by atoms with Crippen LogP contribution in [0.5, 0.6) is 0 Å². The number of carbonyl (C=O) groups is 1. The summed E-state index contributed by atoms with van der Waals surface area (Å²) in [7, 11) is 0. The first kappa shape index (κ1) is 15.4. The van der Waals surface area contributed by atoms with Gasteiger partial charge in [0.1, 0.15) is 5.82 Å². The number of benzene rings is 1. The molecule has 1 amide bonds. The molecule has 2 rings (SSSR count). The van der Waals surface area contributed by atoms with E-state index in [-0.39, 0.29) is 11.5 Å². The van der Waals surface area contributed by atoms with Crippen molar-refractivity contribution in [3.8, 4) is 0 Å². The van der Waals surface area contributed by atoms with E-state index < -0.39 is 5.82 Å². The molecule has 1 fully saturated rings. The molecule has 0 aromatic heterocycles. The lowest BCUT2D eigenvalue weighted by molar-refractivity contribution is 0.0943. The van der Waals surface area contributed by atoms with Crippen LogP contribution in [0.1, 0.15) is 30.6 Å². The van der Waals surface area contributed by atoms with Crippen LogP contribution in [0, 0.1) is 11.7 Å². The van der Waals surface area contributed by atoms with Gasteiger partial charge in [-0.05, 0) is 50.9 Å². The lowest BCUT2D eigenvalue weighted by Gasteiger charge is -2.20. The maximum Gasteiger partial charge on any atom is 0.254 e. The third-order valence-electron chi connectivity index (χ3n) is 3.77. The number of amides is 1. The van der Waals surface area contributed by atoms with Crippen LogP contribution in [0.2, 0.25) is 0 Å². The van der Waals surface area contributed by atoms with Crippen LogP contribution < -0.4 is 5.32 Å². The molecule has 1 aliphatic rings. The maximum absolute atomic E-state index is 13.7. The third kappa shape index (κ3) is 3.79. The van der Waals surface area contributed by atoms with E-state index in [1.807, 2.05) is 0 Å². The Morgan fingerprint density at radius 2 is 2.30 bits per heavy atom. The van der Waals surface area contributed by atoms with Gasteiger partial charge in [-0.3, -0.25) is 4.79 Å². The molecule has 0 radical (unpaired) electrons. The summed E-state index contributed by atoms with van der Waals surface area (Å²) in [5.41, 5.74) is 0.104. The second-order valence-corrected chi connectivity index (χ2v) is 6.49. The number of likely N-dealkylation sites (tertiary alicyclic amines) is 1. The first-order valence-electron chi connectivity index (χ1n) is 6.94. The molecule has 1 saturated heterocycles. The quantitative estimate of drug-likeness (QED) is 0.911. The SMILES string of the molecule is CC(C)N1CC[C@@H](CNC(=O)c2ccc(Br)cc2F)C1. The Kier molecular flexibility index (Phi) is 5.16. The van der Waals surface area contributed by atoms with Crippen LogP contribution in [-0.2, 0) is 0 Å². The molecule has 5 heteroatoms. The monoisotopic (exact) mass is 342 g/mol. The van der Waals surface area contributed by atoms with Crippen LogP contribution >= 0.6 is 15.9 Å². The molecular weight excluding hydrogens is 323 g/mol. The molecule has 110 valence electrons. The number of hydrogen-bond acceptors (Lipinski definition) is 2. The zero-order valence-electron chi connectivity index (χ0n) is 11.8. The summed E-state index contributed by atoms with van der Waals surface area (Å²) in [6.45, 7) is 7.04. The van der Waals surface area contributed by atoms with Gasteiger partial charge < -0.3 is 10.2 Å². The van der Waals surface area contributed by atoms with Crippen molar-refractivity contribution in [2.24, 2.45) is 5.92 Å². The maximum atomic E-state index is 13.7. The molecule has 0 spiro atoms. The summed E-state index contributed by atoms with van der Waals surface area (Å²) in [6.07, 6.45) is 1.08. The van der Waals surface area contributed by atoms with Crippen LogP contribution in [0.25, 0.3) is 0 Å². The van der Waals surface area contributed by atoms with Gasteiger partial charge in [0.05, 0.1) is 5.56 Å². The number of rotatable bonds is 4. The zero-order chi connectivity index (χ0) is 14.7.